The van der Waals surface area contributed by atoms with Crippen molar-refractivity contribution in [1.82, 2.24) is 18.7 Å². The lowest BCUT2D eigenvalue weighted by molar-refractivity contribution is -0.713. The van der Waals surface area contributed by atoms with Crippen LogP contribution in [0, 0.1) is 10.1 Å². The van der Waals surface area contributed by atoms with Gasteiger partial charge in [-0.25, -0.2) is 9.63 Å². The van der Waals surface area contributed by atoms with Crippen LogP contribution in [0.3, 0.4) is 0 Å². The van der Waals surface area contributed by atoms with Crippen molar-refractivity contribution in [2.75, 3.05) is 0 Å². The number of hydrogen-bond acceptors (Lipinski definition) is 6. The van der Waals surface area contributed by atoms with Gasteiger partial charge in [0.25, 0.3) is 11.6 Å². The molecular weight excluding hydrogens is 246 g/mol. The normalized spacial score (nSPS) is 10.8. The molecule has 0 amide bonds. The first-order chi connectivity index (χ1) is 8.34. The lowest BCUT2D eigenvalue weighted by Gasteiger charge is -2.02. The van der Waals surface area contributed by atoms with Gasteiger partial charge in [-0.3, -0.25) is 13.9 Å². The molecule has 10 nitrogen and oxygen atoms in total. The van der Waals surface area contributed by atoms with Gasteiger partial charge in [-0.1, -0.05) is 0 Å². The van der Waals surface area contributed by atoms with E-state index in [2.05, 4.69) is 9.82 Å². The summed E-state index contributed by atoms with van der Waals surface area (Å²) in [6.45, 7) is 0. The molecule has 0 aliphatic heterocycles. The summed E-state index contributed by atoms with van der Waals surface area (Å²) >= 11 is 0. The third-order valence-corrected chi connectivity index (χ3v) is 2.59. The molecule has 0 radical (unpaired) electrons. The Morgan fingerprint density at radius 3 is 2.33 bits per heavy atom. The van der Waals surface area contributed by atoms with Gasteiger partial charge in [0.05, 0.1) is 0 Å². The second-order valence-electron chi connectivity index (χ2n) is 3.65. The van der Waals surface area contributed by atoms with Crippen LogP contribution in [0.15, 0.2) is 9.59 Å². The van der Waals surface area contributed by atoms with E-state index < -0.39 is 16.3 Å². The molecule has 0 atom stereocenters. The number of fused-ring (bicyclic) bond motifs is 1. The molecule has 0 bridgehead atoms. The van der Waals surface area contributed by atoms with E-state index in [9.17, 15) is 19.7 Å². The van der Waals surface area contributed by atoms with Crippen molar-refractivity contribution < 1.29 is 9.92 Å². The number of rotatable bonds is 2. The maximum absolute atomic E-state index is 11.9. The highest BCUT2D eigenvalue weighted by molar-refractivity contribution is 5.71. The number of aromatic nitrogens is 4. The van der Waals surface area contributed by atoms with Crippen LogP contribution in [-0.4, -0.2) is 23.8 Å². The van der Waals surface area contributed by atoms with Crippen molar-refractivity contribution >= 4 is 11.2 Å². The maximum atomic E-state index is 11.9. The van der Waals surface area contributed by atoms with Crippen LogP contribution in [0.2, 0.25) is 0 Å². The Morgan fingerprint density at radius 2 is 1.78 bits per heavy atom. The molecule has 2 aromatic heterocycles. The summed E-state index contributed by atoms with van der Waals surface area (Å²) in [5.74, 6) is 0. The molecule has 0 aliphatic rings. The second-order valence-corrected chi connectivity index (χ2v) is 3.65. The average Bonchev–Trinajstić information content (AvgIpc) is 2.61. The second kappa shape index (κ2) is 3.68. The smallest absolute Gasteiger partial charge is 0.302 e. The largest absolute Gasteiger partial charge is 0.332 e. The number of aryl methyl sites for hydroxylation is 2. The Bertz CT molecular complexity index is 767. The summed E-state index contributed by atoms with van der Waals surface area (Å²) in [4.78, 5) is 41.8. The molecule has 18 heavy (non-hydrogen) atoms. The van der Waals surface area contributed by atoms with E-state index in [1.54, 1.807) is 0 Å². The van der Waals surface area contributed by atoms with Gasteiger partial charge in [0, 0.05) is 21.1 Å². The Labute approximate surface area is 98.7 Å². The van der Waals surface area contributed by atoms with Crippen LogP contribution in [-0.2, 0) is 21.1 Å². The van der Waals surface area contributed by atoms with E-state index in [4.69, 9.17) is 0 Å². The molecule has 0 unspecified atom stereocenters. The Kier molecular flexibility index (Phi) is 2.42. The fourth-order valence-electron chi connectivity index (χ4n) is 1.65. The molecule has 0 N–H and O–H groups in total. The first kappa shape index (κ1) is 11.8. The Balaban J connectivity index is 2.93. The third-order valence-electron chi connectivity index (χ3n) is 2.59. The minimum absolute atomic E-state index is 0.0300. The van der Waals surface area contributed by atoms with Crippen molar-refractivity contribution in [3.8, 4) is 6.01 Å². The molecular formula is C8H9N5O5. The first-order valence-electron chi connectivity index (χ1n) is 4.79. The molecule has 0 spiro atoms. The van der Waals surface area contributed by atoms with Crippen molar-refractivity contribution in [3.63, 3.8) is 0 Å². The van der Waals surface area contributed by atoms with Crippen molar-refractivity contribution in [2.24, 2.45) is 21.1 Å². The standard InChI is InChI=1S/C8H9N5O5/c1-10-4-5(9-7(10)18-13(16)17)11(2)8(15)12(3)6(4)14/h1-3H3. The molecule has 2 heterocycles. The van der Waals surface area contributed by atoms with Gasteiger partial charge in [0.15, 0.2) is 11.2 Å². The van der Waals surface area contributed by atoms with Crippen molar-refractivity contribution in [2.45, 2.75) is 0 Å². The van der Waals surface area contributed by atoms with Gasteiger partial charge in [-0.15, -0.1) is 10.1 Å². The zero-order valence-electron chi connectivity index (χ0n) is 9.78. The minimum Gasteiger partial charge on any atom is -0.302 e. The van der Waals surface area contributed by atoms with E-state index in [0.29, 0.717) is 0 Å². The minimum atomic E-state index is -1.04. The number of imidazole rings is 1. The zero-order valence-corrected chi connectivity index (χ0v) is 9.78. The molecule has 0 aliphatic carbocycles. The highest BCUT2D eigenvalue weighted by Gasteiger charge is 2.18. The van der Waals surface area contributed by atoms with Gasteiger partial charge in [-0.05, 0) is 0 Å². The lowest BCUT2D eigenvalue weighted by Crippen LogP contribution is -2.37. The van der Waals surface area contributed by atoms with E-state index in [0.717, 1.165) is 13.7 Å². The summed E-state index contributed by atoms with van der Waals surface area (Å²) in [5.41, 5.74) is -1.08. The number of nitrogens with zero attached hydrogens (tertiary/aromatic N) is 5. The predicted octanol–water partition coefficient (Wildman–Crippen LogP) is -1.46. The molecule has 96 valence electrons. The summed E-state index contributed by atoms with van der Waals surface area (Å²) in [5, 5.41) is 9.24. The van der Waals surface area contributed by atoms with Crippen LogP contribution in [0.5, 0.6) is 6.01 Å². The molecule has 2 aromatic rings. The van der Waals surface area contributed by atoms with Crippen LogP contribution >= 0.6 is 0 Å². The summed E-state index contributed by atoms with van der Waals surface area (Å²) in [6, 6.07) is -0.367. The molecule has 10 heteroatoms. The van der Waals surface area contributed by atoms with Crippen LogP contribution in [0.4, 0.5) is 0 Å². The summed E-state index contributed by atoms with van der Waals surface area (Å²) in [6.07, 6.45) is 0. The van der Waals surface area contributed by atoms with Gasteiger partial charge < -0.3 is 4.57 Å². The van der Waals surface area contributed by atoms with E-state index in [1.165, 1.54) is 21.1 Å². The van der Waals surface area contributed by atoms with E-state index in [-0.39, 0.29) is 17.2 Å². The fourth-order valence-corrected chi connectivity index (χ4v) is 1.65. The van der Waals surface area contributed by atoms with Gasteiger partial charge >= 0.3 is 10.8 Å². The molecule has 0 aromatic carbocycles. The van der Waals surface area contributed by atoms with Crippen LogP contribution in [0.25, 0.3) is 11.2 Å². The highest BCUT2D eigenvalue weighted by Crippen LogP contribution is 2.14. The Hall–Kier alpha value is -2.65. The van der Waals surface area contributed by atoms with Crippen molar-refractivity contribution in [1.29, 1.82) is 0 Å². The van der Waals surface area contributed by atoms with E-state index in [1.807, 2.05) is 0 Å². The lowest BCUT2D eigenvalue weighted by atomic mass is 10.5. The molecule has 2 rings (SSSR count). The first-order valence-corrected chi connectivity index (χ1v) is 4.79. The molecule has 0 fully saturated rings. The third kappa shape index (κ3) is 1.46. The average molecular weight is 255 g/mol. The highest BCUT2D eigenvalue weighted by atomic mass is 17.0. The van der Waals surface area contributed by atoms with Crippen molar-refractivity contribution in [3.05, 3.63) is 31.0 Å². The molecule has 0 saturated carbocycles. The van der Waals surface area contributed by atoms with Gasteiger partial charge in [0.2, 0.25) is 0 Å². The topological polar surface area (TPSA) is 114 Å². The zero-order chi connectivity index (χ0) is 13.6. The fraction of sp³-hybridized carbons (Fsp3) is 0.375. The van der Waals surface area contributed by atoms with Crippen LogP contribution in [0.1, 0.15) is 0 Å². The summed E-state index contributed by atoms with van der Waals surface area (Å²) in [7, 11) is 4.11. The molecule has 0 saturated heterocycles. The van der Waals surface area contributed by atoms with E-state index >= 15 is 0 Å². The predicted molar refractivity (Wildman–Crippen MR) is 58.8 cm³/mol. The van der Waals surface area contributed by atoms with Crippen LogP contribution < -0.4 is 16.1 Å². The maximum Gasteiger partial charge on any atom is 0.332 e. The number of hydrogen-bond donors (Lipinski definition) is 0. The SMILES string of the molecule is Cn1c(=O)c2c(nc(O[N+](=O)[O-])n2C)n(C)c1=O. The summed E-state index contributed by atoms with van der Waals surface area (Å²) < 4.78 is 3.13. The quantitative estimate of drug-likeness (QED) is 0.478. The monoisotopic (exact) mass is 255 g/mol. The Morgan fingerprint density at radius 1 is 1.17 bits per heavy atom. The van der Waals surface area contributed by atoms with Gasteiger partial charge in [-0.2, -0.15) is 4.98 Å². The van der Waals surface area contributed by atoms with Gasteiger partial charge in [0.1, 0.15) is 0 Å².